The summed E-state index contributed by atoms with van der Waals surface area (Å²) in [5, 5.41) is 9.65. The first-order chi connectivity index (χ1) is 11.6. The van der Waals surface area contributed by atoms with Crippen molar-refractivity contribution in [3.8, 4) is 5.75 Å². The summed E-state index contributed by atoms with van der Waals surface area (Å²) < 4.78 is 0. The minimum absolute atomic E-state index is 0.120. The van der Waals surface area contributed by atoms with Crippen LogP contribution >= 0.6 is 11.3 Å². The van der Waals surface area contributed by atoms with Crippen LogP contribution in [0, 0.1) is 5.92 Å². The maximum absolute atomic E-state index is 12.3. The molecule has 0 radical (unpaired) electrons. The average molecular weight is 344 g/mol. The van der Waals surface area contributed by atoms with Crippen molar-refractivity contribution in [3.63, 3.8) is 0 Å². The number of nitrogens with one attached hydrogen (secondary N) is 2. The lowest BCUT2D eigenvalue weighted by molar-refractivity contribution is 0.0847. The van der Waals surface area contributed by atoms with E-state index in [0.29, 0.717) is 10.8 Å². The highest BCUT2D eigenvalue weighted by Gasteiger charge is 2.22. The minimum Gasteiger partial charge on any atom is -0.507 e. The third-order valence-corrected chi connectivity index (χ3v) is 5.66. The second-order valence-electron chi connectivity index (χ2n) is 6.00. The van der Waals surface area contributed by atoms with Gasteiger partial charge in [0.15, 0.2) is 0 Å². The standard InChI is InChI=1S/C18H20N2O3S/c1-2-11-7-8-15-12(9-11)10-16(24-15)18(23)20-19-17(22)13-5-3-4-6-14(13)21/h3-6,10-11,21H,2,7-9H2,1H3,(H,19,22)(H,20,23)/t11-/m1/s1. The monoisotopic (exact) mass is 344 g/mol. The number of phenolic OH excluding ortho intramolecular Hbond substituents is 1. The molecule has 6 heteroatoms. The van der Waals surface area contributed by atoms with E-state index in [4.69, 9.17) is 0 Å². The minimum atomic E-state index is -0.547. The molecule has 0 saturated heterocycles. The number of carbonyl (C=O) groups excluding carboxylic acids is 2. The number of thiophene rings is 1. The van der Waals surface area contributed by atoms with Crippen molar-refractivity contribution in [2.75, 3.05) is 0 Å². The average Bonchev–Trinajstić information content (AvgIpc) is 3.02. The van der Waals surface area contributed by atoms with Crippen molar-refractivity contribution >= 4 is 23.2 Å². The van der Waals surface area contributed by atoms with E-state index in [1.165, 1.54) is 40.3 Å². The third-order valence-electron chi connectivity index (χ3n) is 4.42. The van der Waals surface area contributed by atoms with Gasteiger partial charge in [-0.25, -0.2) is 0 Å². The zero-order valence-electron chi connectivity index (χ0n) is 13.5. The fourth-order valence-corrected chi connectivity index (χ4v) is 4.07. The van der Waals surface area contributed by atoms with Crippen LogP contribution < -0.4 is 10.9 Å². The summed E-state index contributed by atoms with van der Waals surface area (Å²) in [4.78, 5) is 26.1. The van der Waals surface area contributed by atoms with Crippen LogP contribution in [0.15, 0.2) is 30.3 Å². The first-order valence-electron chi connectivity index (χ1n) is 8.08. The molecule has 5 nitrogen and oxygen atoms in total. The Morgan fingerprint density at radius 3 is 2.75 bits per heavy atom. The summed E-state index contributed by atoms with van der Waals surface area (Å²) >= 11 is 1.49. The molecular formula is C18H20N2O3S. The molecule has 0 fully saturated rings. The number of phenols is 1. The number of aryl methyl sites for hydroxylation is 1. The molecule has 0 aliphatic heterocycles. The van der Waals surface area contributed by atoms with E-state index in [0.717, 1.165) is 19.3 Å². The molecule has 1 aromatic heterocycles. The molecule has 126 valence electrons. The zero-order chi connectivity index (χ0) is 17.1. The van der Waals surface area contributed by atoms with E-state index < -0.39 is 5.91 Å². The van der Waals surface area contributed by atoms with E-state index in [1.807, 2.05) is 6.07 Å². The van der Waals surface area contributed by atoms with Crippen molar-refractivity contribution in [1.82, 2.24) is 10.9 Å². The van der Waals surface area contributed by atoms with Gasteiger partial charge in [0, 0.05) is 4.88 Å². The first-order valence-corrected chi connectivity index (χ1v) is 8.90. The number of aromatic hydroxyl groups is 1. The SMILES string of the molecule is CC[C@@H]1CCc2sc(C(=O)NNC(=O)c3ccccc3O)cc2C1. The Morgan fingerprint density at radius 1 is 1.25 bits per heavy atom. The number of benzene rings is 1. The number of hydrogen-bond acceptors (Lipinski definition) is 4. The van der Waals surface area contributed by atoms with Crippen LogP contribution in [0.2, 0.25) is 0 Å². The second kappa shape index (κ2) is 7.05. The van der Waals surface area contributed by atoms with Gasteiger partial charge in [-0.1, -0.05) is 25.5 Å². The molecule has 0 saturated carbocycles. The molecule has 1 aromatic carbocycles. The highest BCUT2D eigenvalue weighted by atomic mass is 32.1. The summed E-state index contributed by atoms with van der Waals surface area (Å²) in [6.45, 7) is 2.20. The topological polar surface area (TPSA) is 78.4 Å². The highest BCUT2D eigenvalue weighted by molar-refractivity contribution is 7.14. The normalized spacial score (nSPS) is 16.3. The molecule has 2 aromatic rings. The van der Waals surface area contributed by atoms with E-state index in [-0.39, 0.29) is 17.2 Å². The fourth-order valence-electron chi connectivity index (χ4n) is 2.97. The predicted octanol–water partition coefficient (Wildman–Crippen LogP) is 3.04. The van der Waals surface area contributed by atoms with Crippen LogP contribution in [-0.4, -0.2) is 16.9 Å². The number of amides is 2. The maximum atomic E-state index is 12.3. The lowest BCUT2D eigenvalue weighted by Gasteiger charge is -2.19. The number of rotatable bonds is 3. The predicted molar refractivity (Wildman–Crippen MR) is 93.2 cm³/mol. The molecule has 0 spiro atoms. The van der Waals surface area contributed by atoms with Crippen LogP contribution in [0.5, 0.6) is 5.75 Å². The Hall–Kier alpha value is -2.34. The molecule has 1 heterocycles. The first kappa shape index (κ1) is 16.5. The van der Waals surface area contributed by atoms with Crippen molar-refractivity contribution in [2.24, 2.45) is 5.92 Å². The molecule has 3 N–H and O–H groups in total. The number of fused-ring (bicyclic) bond motifs is 1. The number of hydrazine groups is 1. The highest BCUT2D eigenvalue weighted by Crippen LogP contribution is 2.33. The van der Waals surface area contributed by atoms with Gasteiger partial charge < -0.3 is 5.11 Å². The zero-order valence-corrected chi connectivity index (χ0v) is 14.3. The van der Waals surface area contributed by atoms with Gasteiger partial charge in [0.2, 0.25) is 0 Å². The van der Waals surface area contributed by atoms with Crippen molar-refractivity contribution in [3.05, 3.63) is 51.2 Å². The molecule has 2 amide bonds. The van der Waals surface area contributed by atoms with E-state index in [9.17, 15) is 14.7 Å². The number of carbonyl (C=O) groups is 2. The van der Waals surface area contributed by atoms with Gasteiger partial charge in [0.1, 0.15) is 5.75 Å². The summed E-state index contributed by atoms with van der Waals surface area (Å²) in [7, 11) is 0. The van der Waals surface area contributed by atoms with Gasteiger partial charge in [-0.2, -0.15) is 0 Å². The number of hydrogen-bond donors (Lipinski definition) is 3. The molecule has 1 atom stereocenters. The van der Waals surface area contributed by atoms with Crippen molar-refractivity contribution < 1.29 is 14.7 Å². The molecule has 3 rings (SSSR count). The van der Waals surface area contributed by atoms with Crippen molar-refractivity contribution in [1.29, 1.82) is 0 Å². The fraction of sp³-hybridized carbons (Fsp3) is 0.333. The second-order valence-corrected chi connectivity index (χ2v) is 7.14. The van der Waals surface area contributed by atoms with Crippen LogP contribution in [0.25, 0.3) is 0 Å². The summed E-state index contributed by atoms with van der Waals surface area (Å²) in [6.07, 6.45) is 4.39. The third kappa shape index (κ3) is 3.43. The smallest absolute Gasteiger partial charge is 0.279 e. The molecule has 1 aliphatic carbocycles. The Balaban J connectivity index is 1.63. The van der Waals surface area contributed by atoms with Gasteiger partial charge in [-0.15, -0.1) is 11.3 Å². The lowest BCUT2D eigenvalue weighted by Crippen LogP contribution is -2.41. The molecule has 24 heavy (non-hydrogen) atoms. The van der Waals surface area contributed by atoms with E-state index >= 15 is 0 Å². The van der Waals surface area contributed by atoms with E-state index in [2.05, 4.69) is 17.8 Å². The molecule has 1 aliphatic rings. The largest absolute Gasteiger partial charge is 0.507 e. The summed E-state index contributed by atoms with van der Waals surface area (Å²) in [6, 6.07) is 8.13. The van der Waals surface area contributed by atoms with Gasteiger partial charge in [-0.05, 0) is 48.9 Å². The summed E-state index contributed by atoms with van der Waals surface area (Å²) in [5.74, 6) is -0.301. The maximum Gasteiger partial charge on any atom is 0.279 e. The van der Waals surface area contributed by atoms with E-state index in [1.54, 1.807) is 12.1 Å². The van der Waals surface area contributed by atoms with Crippen LogP contribution in [0.3, 0.4) is 0 Å². The van der Waals surface area contributed by atoms with Crippen molar-refractivity contribution in [2.45, 2.75) is 32.6 Å². The lowest BCUT2D eigenvalue weighted by atomic mass is 9.87. The molecule has 0 bridgehead atoms. The quantitative estimate of drug-likeness (QED) is 0.749. The van der Waals surface area contributed by atoms with Gasteiger partial charge >= 0.3 is 0 Å². The van der Waals surface area contributed by atoms with Gasteiger partial charge in [-0.3, -0.25) is 20.4 Å². The van der Waals surface area contributed by atoms with Gasteiger partial charge in [0.05, 0.1) is 10.4 Å². The van der Waals surface area contributed by atoms with Crippen LogP contribution in [-0.2, 0) is 12.8 Å². The Labute approximate surface area is 144 Å². The summed E-state index contributed by atoms with van der Waals surface area (Å²) in [5.41, 5.74) is 6.15. The van der Waals surface area contributed by atoms with Crippen LogP contribution in [0.1, 0.15) is 50.2 Å². The Kier molecular flexibility index (Phi) is 4.85. The number of para-hydroxylation sites is 1. The Morgan fingerprint density at radius 2 is 2.00 bits per heavy atom. The molecule has 0 unspecified atom stereocenters. The Bertz CT molecular complexity index is 769. The molecular weight excluding hydrogens is 324 g/mol. The van der Waals surface area contributed by atoms with Crippen LogP contribution in [0.4, 0.5) is 0 Å². The van der Waals surface area contributed by atoms with Gasteiger partial charge in [0.25, 0.3) is 11.8 Å².